The Labute approximate surface area is 112 Å². The Balaban J connectivity index is 2.16. The fourth-order valence-electron chi connectivity index (χ4n) is 2.53. The van der Waals surface area contributed by atoms with Gasteiger partial charge in [0.15, 0.2) is 5.78 Å². The first kappa shape index (κ1) is 14.1. The van der Waals surface area contributed by atoms with Gasteiger partial charge in [0, 0.05) is 12.0 Å². The molecule has 0 N–H and O–H groups in total. The second kappa shape index (κ2) is 5.37. The van der Waals surface area contributed by atoms with Gasteiger partial charge in [-0.15, -0.1) is 0 Å². The van der Waals surface area contributed by atoms with Gasteiger partial charge in [0.05, 0.1) is 5.54 Å². The molecule has 1 saturated heterocycles. The van der Waals surface area contributed by atoms with E-state index in [0.29, 0.717) is 0 Å². The monoisotopic (exact) mass is 267 g/mol. The summed E-state index contributed by atoms with van der Waals surface area (Å²) in [6, 6.07) is 3.69. The van der Waals surface area contributed by atoms with Gasteiger partial charge in [0.2, 0.25) is 0 Å². The highest BCUT2D eigenvalue weighted by Gasteiger charge is 2.36. The minimum absolute atomic E-state index is 0.125. The number of carbonyl (C=O) groups is 1. The van der Waals surface area contributed by atoms with Crippen molar-refractivity contribution in [2.75, 3.05) is 13.1 Å². The Hall–Kier alpha value is -1.29. The van der Waals surface area contributed by atoms with Crippen molar-refractivity contribution in [1.29, 1.82) is 0 Å². The van der Waals surface area contributed by atoms with E-state index in [0.717, 1.165) is 25.9 Å². The number of carbonyl (C=O) groups excluding carboxylic acids is 1. The quantitative estimate of drug-likeness (QED) is 0.836. The smallest absolute Gasteiger partial charge is 0.157 e. The minimum Gasteiger partial charge on any atom is -0.297 e. The third-order valence-corrected chi connectivity index (χ3v) is 3.98. The zero-order valence-electron chi connectivity index (χ0n) is 11.4. The summed E-state index contributed by atoms with van der Waals surface area (Å²) in [5, 5.41) is 0. The Morgan fingerprint density at radius 1 is 1.21 bits per heavy atom. The molecule has 2 rings (SSSR count). The van der Waals surface area contributed by atoms with Gasteiger partial charge < -0.3 is 0 Å². The minimum atomic E-state index is -0.661. The van der Waals surface area contributed by atoms with Crippen molar-refractivity contribution < 1.29 is 13.6 Å². The van der Waals surface area contributed by atoms with Crippen LogP contribution in [-0.2, 0) is 11.2 Å². The lowest BCUT2D eigenvalue weighted by Gasteiger charge is -2.34. The van der Waals surface area contributed by atoms with Crippen LogP contribution in [0.5, 0.6) is 0 Å². The molecular formula is C15H19F2NO. The summed E-state index contributed by atoms with van der Waals surface area (Å²) in [7, 11) is 0. The lowest BCUT2D eigenvalue weighted by Crippen LogP contribution is -2.49. The van der Waals surface area contributed by atoms with Gasteiger partial charge in [0.25, 0.3) is 0 Å². The number of rotatable bonds is 4. The van der Waals surface area contributed by atoms with E-state index >= 15 is 0 Å². The highest BCUT2D eigenvalue weighted by atomic mass is 19.1. The zero-order chi connectivity index (χ0) is 14.0. The molecular weight excluding hydrogens is 248 g/mol. The second-order valence-corrected chi connectivity index (χ2v) is 5.55. The fourth-order valence-corrected chi connectivity index (χ4v) is 2.53. The molecule has 2 nitrogen and oxygen atoms in total. The van der Waals surface area contributed by atoms with Gasteiger partial charge in [-0.25, -0.2) is 8.78 Å². The maximum absolute atomic E-state index is 13.6. The van der Waals surface area contributed by atoms with Crippen LogP contribution in [0.2, 0.25) is 0 Å². The van der Waals surface area contributed by atoms with Crippen LogP contribution in [0.15, 0.2) is 18.2 Å². The molecule has 1 aromatic carbocycles. The van der Waals surface area contributed by atoms with E-state index in [4.69, 9.17) is 0 Å². The lowest BCUT2D eigenvalue weighted by molar-refractivity contribution is -0.128. The molecule has 0 spiro atoms. The SMILES string of the molecule is CC(C)(C(=O)Cc1c(F)cccc1F)N1CCCC1. The van der Waals surface area contributed by atoms with E-state index in [1.54, 1.807) is 0 Å². The fraction of sp³-hybridized carbons (Fsp3) is 0.533. The van der Waals surface area contributed by atoms with Crippen molar-refractivity contribution >= 4 is 5.78 Å². The largest absolute Gasteiger partial charge is 0.297 e. The number of nitrogens with zero attached hydrogens (tertiary/aromatic N) is 1. The first-order chi connectivity index (χ1) is 8.93. The molecule has 1 heterocycles. The van der Waals surface area contributed by atoms with Crippen LogP contribution in [0.25, 0.3) is 0 Å². The molecule has 1 aromatic rings. The normalized spacial score (nSPS) is 16.8. The van der Waals surface area contributed by atoms with Crippen molar-refractivity contribution in [3.8, 4) is 0 Å². The molecule has 0 radical (unpaired) electrons. The molecule has 1 aliphatic rings. The molecule has 0 aliphatic carbocycles. The Kier molecular flexibility index (Phi) is 3.99. The summed E-state index contributed by atoms with van der Waals surface area (Å²) in [4.78, 5) is 14.4. The Morgan fingerprint density at radius 2 is 1.74 bits per heavy atom. The van der Waals surface area contributed by atoms with Crippen LogP contribution in [0.1, 0.15) is 32.3 Å². The number of Topliss-reactive ketones (excluding diaryl/α,β-unsaturated/α-hetero) is 1. The van der Waals surface area contributed by atoms with Crippen LogP contribution in [0.4, 0.5) is 8.78 Å². The third kappa shape index (κ3) is 2.84. The van der Waals surface area contributed by atoms with Gasteiger partial charge >= 0.3 is 0 Å². The lowest BCUT2D eigenvalue weighted by atomic mass is 9.91. The van der Waals surface area contributed by atoms with Crippen molar-refractivity contribution in [3.63, 3.8) is 0 Å². The summed E-state index contributed by atoms with van der Waals surface area (Å²) in [5.41, 5.74) is -0.787. The molecule has 0 unspecified atom stereocenters. The number of halogens is 2. The number of ketones is 1. The van der Waals surface area contributed by atoms with Gasteiger partial charge in [-0.1, -0.05) is 6.07 Å². The molecule has 4 heteroatoms. The summed E-state index contributed by atoms with van der Waals surface area (Å²) < 4.78 is 27.1. The molecule has 0 amide bonds. The molecule has 19 heavy (non-hydrogen) atoms. The molecule has 1 aliphatic heterocycles. The van der Waals surface area contributed by atoms with Crippen LogP contribution >= 0.6 is 0 Å². The summed E-state index contributed by atoms with van der Waals surface area (Å²) >= 11 is 0. The van der Waals surface area contributed by atoms with E-state index in [9.17, 15) is 13.6 Å². The third-order valence-electron chi connectivity index (χ3n) is 3.98. The first-order valence-electron chi connectivity index (χ1n) is 6.64. The van der Waals surface area contributed by atoms with E-state index < -0.39 is 17.2 Å². The van der Waals surface area contributed by atoms with Crippen molar-refractivity contribution in [2.24, 2.45) is 0 Å². The molecule has 0 atom stereocenters. The zero-order valence-corrected chi connectivity index (χ0v) is 11.4. The number of hydrogen-bond donors (Lipinski definition) is 0. The van der Waals surface area contributed by atoms with E-state index in [2.05, 4.69) is 4.90 Å². The van der Waals surface area contributed by atoms with Crippen molar-refractivity contribution in [2.45, 2.75) is 38.6 Å². The van der Waals surface area contributed by atoms with E-state index in [-0.39, 0.29) is 17.8 Å². The molecule has 0 saturated carbocycles. The second-order valence-electron chi connectivity index (χ2n) is 5.55. The van der Waals surface area contributed by atoms with Gasteiger partial charge in [-0.05, 0) is 51.9 Å². The van der Waals surface area contributed by atoms with E-state index in [1.165, 1.54) is 18.2 Å². The maximum Gasteiger partial charge on any atom is 0.157 e. The Morgan fingerprint density at radius 3 is 2.26 bits per heavy atom. The number of likely N-dealkylation sites (tertiary alicyclic amines) is 1. The highest BCUT2D eigenvalue weighted by molar-refractivity contribution is 5.89. The topological polar surface area (TPSA) is 20.3 Å². The van der Waals surface area contributed by atoms with Crippen LogP contribution < -0.4 is 0 Å². The average Bonchev–Trinajstić information content (AvgIpc) is 2.88. The number of hydrogen-bond acceptors (Lipinski definition) is 2. The summed E-state index contributed by atoms with van der Waals surface area (Å²) in [6.45, 7) is 5.41. The summed E-state index contributed by atoms with van der Waals surface area (Å²) in [5.74, 6) is -1.44. The van der Waals surface area contributed by atoms with Crippen LogP contribution in [0, 0.1) is 11.6 Å². The first-order valence-corrected chi connectivity index (χ1v) is 6.64. The summed E-state index contributed by atoms with van der Waals surface area (Å²) in [6.07, 6.45) is 1.96. The maximum atomic E-state index is 13.6. The molecule has 0 aromatic heterocycles. The van der Waals surface area contributed by atoms with Crippen LogP contribution in [0.3, 0.4) is 0 Å². The van der Waals surface area contributed by atoms with Crippen LogP contribution in [-0.4, -0.2) is 29.3 Å². The van der Waals surface area contributed by atoms with Gasteiger partial charge in [-0.2, -0.15) is 0 Å². The van der Waals surface area contributed by atoms with Crippen molar-refractivity contribution in [1.82, 2.24) is 4.90 Å². The standard InChI is InChI=1S/C15H19F2NO/c1-15(2,18-8-3-4-9-18)14(19)10-11-12(16)6-5-7-13(11)17/h5-7H,3-4,8-10H2,1-2H3. The number of benzene rings is 1. The Bertz CT molecular complexity index is 459. The van der Waals surface area contributed by atoms with E-state index in [1.807, 2.05) is 13.8 Å². The van der Waals surface area contributed by atoms with Gasteiger partial charge in [-0.3, -0.25) is 9.69 Å². The average molecular weight is 267 g/mol. The molecule has 1 fully saturated rings. The predicted octanol–water partition coefficient (Wildman–Crippen LogP) is 2.95. The van der Waals surface area contributed by atoms with Crippen molar-refractivity contribution in [3.05, 3.63) is 35.4 Å². The molecule has 0 bridgehead atoms. The predicted molar refractivity (Wildman–Crippen MR) is 70.0 cm³/mol. The molecule has 104 valence electrons. The van der Waals surface area contributed by atoms with Gasteiger partial charge in [0.1, 0.15) is 11.6 Å². The highest BCUT2D eigenvalue weighted by Crippen LogP contribution is 2.24.